The SMILES string of the molecule is CCCN(CC1CCN(C(=O)N2CCCCC2)CC1)C1CCc2ccc(OC)cc2C1. The summed E-state index contributed by atoms with van der Waals surface area (Å²) in [6, 6.07) is 7.52. The fourth-order valence-electron chi connectivity index (χ4n) is 5.79. The monoisotopic (exact) mass is 427 g/mol. The normalized spacial score (nSPS) is 22.5. The molecule has 0 radical (unpaired) electrons. The van der Waals surface area contributed by atoms with Gasteiger partial charge in [0.25, 0.3) is 0 Å². The number of carbonyl (C=O) groups excluding carboxylic acids is 1. The summed E-state index contributed by atoms with van der Waals surface area (Å²) in [5, 5.41) is 0. The molecular weight excluding hydrogens is 386 g/mol. The molecular formula is C26H41N3O2. The number of benzene rings is 1. The Bertz CT molecular complexity index is 723. The lowest BCUT2D eigenvalue weighted by atomic mass is 9.86. The van der Waals surface area contributed by atoms with E-state index < -0.39 is 0 Å². The average Bonchev–Trinajstić information content (AvgIpc) is 2.83. The highest BCUT2D eigenvalue weighted by Gasteiger charge is 2.30. The van der Waals surface area contributed by atoms with Crippen LogP contribution in [0.5, 0.6) is 5.75 Å². The predicted octanol–water partition coefficient (Wildman–Crippen LogP) is 4.58. The van der Waals surface area contributed by atoms with Crippen molar-refractivity contribution in [2.45, 2.75) is 70.8 Å². The first-order valence-electron chi connectivity index (χ1n) is 12.6. The molecule has 1 aromatic rings. The van der Waals surface area contributed by atoms with Crippen molar-refractivity contribution in [3.63, 3.8) is 0 Å². The summed E-state index contributed by atoms with van der Waals surface area (Å²) < 4.78 is 5.47. The number of rotatable bonds is 6. The molecule has 1 aromatic carbocycles. The van der Waals surface area contributed by atoms with Gasteiger partial charge in [0.2, 0.25) is 0 Å². The van der Waals surface area contributed by atoms with Crippen molar-refractivity contribution in [1.82, 2.24) is 14.7 Å². The van der Waals surface area contributed by atoms with E-state index in [-0.39, 0.29) is 0 Å². The topological polar surface area (TPSA) is 36.0 Å². The molecule has 3 aliphatic rings. The van der Waals surface area contributed by atoms with Crippen molar-refractivity contribution in [2.24, 2.45) is 5.92 Å². The van der Waals surface area contributed by atoms with E-state index in [1.54, 1.807) is 7.11 Å². The maximum absolute atomic E-state index is 12.8. The Hall–Kier alpha value is -1.75. The molecule has 2 aliphatic heterocycles. The molecule has 0 spiro atoms. The van der Waals surface area contributed by atoms with E-state index in [1.807, 2.05) is 0 Å². The largest absolute Gasteiger partial charge is 0.497 e. The van der Waals surface area contributed by atoms with Crippen molar-refractivity contribution in [2.75, 3.05) is 46.4 Å². The Morgan fingerprint density at radius 2 is 1.77 bits per heavy atom. The summed E-state index contributed by atoms with van der Waals surface area (Å²) in [6.45, 7) is 8.44. The van der Waals surface area contributed by atoms with Crippen LogP contribution in [0.3, 0.4) is 0 Å². The third kappa shape index (κ3) is 5.54. The number of likely N-dealkylation sites (tertiary alicyclic amines) is 2. The fourth-order valence-corrected chi connectivity index (χ4v) is 5.79. The predicted molar refractivity (Wildman–Crippen MR) is 126 cm³/mol. The van der Waals surface area contributed by atoms with Gasteiger partial charge in [0, 0.05) is 38.8 Å². The Balaban J connectivity index is 1.31. The lowest BCUT2D eigenvalue weighted by molar-refractivity contribution is 0.100. The number of ether oxygens (including phenoxy) is 1. The molecule has 0 bridgehead atoms. The molecule has 31 heavy (non-hydrogen) atoms. The number of fused-ring (bicyclic) bond motifs is 1. The van der Waals surface area contributed by atoms with Crippen LogP contribution in [-0.2, 0) is 12.8 Å². The van der Waals surface area contributed by atoms with Crippen LogP contribution in [0.4, 0.5) is 4.79 Å². The number of piperidine rings is 2. The third-order valence-corrected chi connectivity index (χ3v) is 7.65. The lowest BCUT2D eigenvalue weighted by Gasteiger charge is -2.41. The zero-order chi connectivity index (χ0) is 21.6. The highest BCUT2D eigenvalue weighted by Crippen LogP contribution is 2.30. The van der Waals surface area contributed by atoms with Gasteiger partial charge in [-0.05, 0) is 93.5 Å². The first-order valence-corrected chi connectivity index (χ1v) is 12.6. The molecule has 2 amide bonds. The summed E-state index contributed by atoms with van der Waals surface area (Å²) in [6.07, 6.45) is 10.7. The molecule has 2 fully saturated rings. The zero-order valence-electron chi connectivity index (χ0n) is 19.7. The number of aryl methyl sites for hydroxylation is 1. The molecule has 2 saturated heterocycles. The van der Waals surface area contributed by atoms with Gasteiger partial charge in [0.15, 0.2) is 0 Å². The second kappa shape index (κ2) is 10.7. The average molecular weight is 428 g/mol. The summed E-state index contributed by atoms with van der Waals surface area (Å²) in [7, 11) is 1.76. The van der Waals surface area contributed by atoms with Crippen LogP contribution >= 0.6 is 0 Å². The molecule has 2 heterocycles. The van der Waals surface area contributed by atoms with Crippen LogP contribution in [0, 0.1) is 5.92 Å². The van der Waals surface area contributed by atoms with Crippen molar-refractivity contribution in [3.8, 4) is 5.75 Å². The summed E-state index contributed by atoms with van der Waals surface area (Å²) >= 11 is 0. The zero-order valence-corrected chi connectivity index (χ0v) is 19.7. The van der Waals surface area contributed by atoms with Crippen LogP contribution < -0.4 is 4.74 Å². The molecule has 0 N–H and O–H groups in total. The second-order valence-corrected chi connectivity index (χ2v) is 9.79. The molecule has 172 valence electrons. The standard InChI is InChI=1S/C26H41N3O2/c1-3-13-29(24-9-7-22-8-10-25(31-2)19-23(22)18-24)20-21-11-16-28(17-12-21)26(30)27-14-5-4-6-15-27/h8,10,19,21,24H,3-7,9,11-18,20H2,1-2H3. The smallest absolute Gasteiger partial charge is 0.319 e. The minimum atomic E-state index is 0.293. The highest BCUT2D eigenvalue weighted by atomic mass is 16.5. The molecule has 1 aliphatic carbocycles. The van der Waals surface area contributed by atoms with Crippen LogP contribution in [0.25, 0.3) is 0 Å². The molecule has 5 nitrogen and oxygen atoms in total. The van der Waals surface area contributed by atoms with E-state index >= 15 is 0 Å². The van der Waals surface area contributed by atoms with Crippen LogP contribution in [0.1, 0.15) is 63.0 Å². The summed E-state index contributed by atoms with van der Waals surface area (Å²) in [4.78, 5) is 19.8. The van der Waals surface area contributed by atoms with Crippen molar-refractivity contribution >= 4 is 6.03 Å². The molecule has 1 unspecified atom stereocenters. The first kappa shape index (κ1) is 22.4. The highest BCUT2D eigenvalue weighted by molar-refractivity contribution is 5.74. The third-order valence-electron chi connectivity index (χ3n) is 7.65. The number of methoxy groups -OCH3 is 1. The van der Waals surface area contributed by atoms with Gasteiger partial charge in [0.1, 0.15) is 5.75 Å². The molecule has 0 saturated carbocycles. The van der Waals surface area contributed by atoms with Crippen molar-refractivity contribution in [1.29, 1.82) is 0 Å². The van der Waals surface area contributed by atoms with E-state index in [4.69, 9.17) is 4.74 Å². The number of nitrogens with zero attached hydrogens (tertiary/aromatic N) is 3. The quantitative estimate of drug-likeness (QED) is 0.667. The summed E-state index contributed by atoms with van der Waals surface area (Å²) in [5.74, 6) is 1.69. The van der Waals surface area contributed by atoms with E-state index in [2.05, 4.69) is 39.8 Å². The van der Waals surface area contributed by atoms with E-state index in [1.165, 1.54) is 62.7 Å². The number of amides is 2. The maximum Gasteiger partial charge on any atom is 0.319 e. The Kier molecular flexibility index (Phi) is 7.76. The molecule has 1 atom stereocenters. The van der Waals surface area contributed by atoms with Gasteiger partial charge >= 0.3 is 6.03 Å². The fraction of sp³-hybridized carbons (Fsp3) is 0.731. The lowest BCUT2D eigenvalue weighted by Crippen LogP contribution is -2.50. The van der Waals surface area contributed by atoms with E-state index in [0.29, 0.717) is 18.0 Å². The van der Waals surface area contributed by atoms with Crippen molar-refractivity contribution in [3.05, 3.63) is 29.3 Å². The van der Waals surface area contributed by atoms with E-state index in [0.717, 1.165) is 51.2 Å². The number of hydrogen-bond acceptors (Lipinski definition) is 3. The molecule has 5 heteroatoms. The molecule has 0 aromatic heterocycles. The summed E-state index contributed by atoms with van der Waals surface area (Å²) in [5.41, 5.74) is 2.97. The van der Waals surface area contributed by atoms with Gasteiger partial charge in [-0.1, -0.05) is 13.0 Å². The molecule has 4 rings (SSSR count). The Morgan fingerprint density at radius 3 is 2.48 bits per heavy atom. The van der Waals surface area contributed by atoms with Crippen LogP contribution in [0.15, 0.2) is 18.2 Å². The number of carbonyl (C=O) groups is 1. The van der Waals surface area contributed by atoms with Crippen molar-refractivity contribution < 1.29 is 9.53 Å². The van der Waals surface area contributed by atoms with Gasteiger partial charge in [-0.25, -0.2) is 4.79 Å². The minimum Gasteiger partial charge on any atom is -0.497 e. The number of hydrogen-bond donors (Lipinski definition) is 0. The maximum atomic E-state index is 12.8. The van der Waals surface area contributed by atoms with Gasteiger partial charge in [-0.2, -0.15) is 0 Å². The van der Waals surface area contributed by atoms with Gasteiger partial charge in [0.05, 0.1) is 7.11 Å². The minimum absolute atomic E-state index is 0.293. The van der Waals surface area contributed by atoms with Crippen LogP contribution in [0.2, 0.25) is 0 Å². The Labute approximate surface area is 188 Å². The van der Waals surface area contributed by atoms with Gasteiger partial charge in [-0.15, -0.1) is 0 Å². The van der Waals surface area contributed by atoms with Gasteiger partial charge < -0.3 is 14.5 Å². The van der Waals surface area contributed by atoms with E-state index in [9.17, 15) is 4.79 Å². The Morgan fingerprint density at radius 1 is 1.03 bits per heavy atom. The second-order valence-electron chi connectivity index (χ2n) is 9.79. The van der Waals surface area contributed by atoms with Crippen LogP contribution in [-0.4, -0.2) is 73.2 Å². The number of urea groups is 1. The first-order chi connectivity index (χ1) is 15.2. The van der Waals surface area contributed by atoms with Gasteiger partial charge in [-0.3, -0.25) is 4.90 Å².